The van der Waals surface area contributed by atoms with Crippen LogP contribution in [-0.2, 0) is 4.74 Å². The highest BCUT2D eigenvalue weighted by Gasteiger charge is 2.17. The average Bonchev–Trinajstić information content (AvgIpc) is 2.50. The number of hydrogen-bond acceptors (Lipinski definition) is 4. The lowest BCUT2D eigenvalue weighted by molar-refractivity contribution is 0.145. The average molecular weight is 286 g/mol. The molecule has 1 heterocycles. The predicted molar refractivity (Wildman–Crippen MR) is 83.7 cm³/mol. The topological polar surface area (TPSA) is 43.4 Å². The largest absolute Gasteiger partial charge is 0.491 e. The van der Waals surface area contributed by atoms with Gasteiger partial charge in [0.1, 0.15) is 12.4 Å². The van der Waals surface area contributed by atoms with E-state index in [-0.39, 0.29) is 6.04 Å². The molecule has 1 N–H and O–H groups in total. The van der Waals surface area contributed by atoms with Crippen molar-refractivity contribution in [1.29, 1.82) is 0 Å². The van der Waals surface area contributed by atoms with E-state index in [1.807, 2.05) is 50.4 Å². The number of aryl methyl sites for hydroxylation is 1. The van der Waals surface area contributed by atoms with Crippen molar-refractivity contribution < 1.29 is 9.47 Å². The third kappa shape index (κ3) is 4.03. The fraction of sp³-hybridized carbons (Fsp3) is 0.353. The van der Waals surface area contributed by atoms with E-state index < -0.39 is 0 Å². The van der Waals surface area contributed by atoms with Crippen molar-refractivity contribution in [1.82, 2.24) is 10.3 Å². The number of pyridine rings is 1. The normalized spacial score (nSPS) is 12.1. The second-order valence-electron chi connectivity index (χ2n) is 4.80. The van der Waals surface area contributed by atoms with Crippen LogP contribution in [0.25, 0.3) is 0 Å². The molecule has 112 valence electrons. The van der Waals surface area contributed by atoms with Gasteiger partial charge in [0.2, 0.25) is 0 Å². The quantitative estimate of drug-likeness (QED) is 0.795. The van der Waals surface area contributed by atoms with E-state index in [1.165, 1.54) is 0 Å². The van der Waals surface area contributed by atoms with Gasteiger partial charge in [-0.2, -0.15) is 0 Å². The third-order valence-corrected chi connectivity index (χ3v) is 3.27. The van der Waals surface area contributed by atoms with Crippen molar-refractivity contribution in [2.45, 2.75) is 13.0 Å². The Balaban J connectivity index is 2.29. The molecule has 2 rings (SSSR count). The number of hydrogen-bond donors (Lipinski definition) is 1. The molecule has 0 saturated carbocycles. The zero-order valence-electron chi connectivity index (χ0n) is 12.8. The highest BCUT2D eigenvalue weighted by molar-refractivity contribution is 5.40. The maximum atomic E-state index is 5.82. The summed E-state index contributed by atoms with van der Waals surface area (Å²) in [5.74, 6) is 0.859. The fourth-order valence-corrected chi connectivity index (χ4v) is 2.27. The Labute approximate surface area is 126 Å². The second kappa shape index (κ2) is 7.76. The molecule has 0 aliphatic heterocycles. The van der Waals surface area contributed by atoms with Crippen molar-refractivity contribution in [2.75, 3.05) is 27.4 Å². The Kier molecular flexibility index (Phi) is 5.72. The van der Waals surface area contributed by atoms with Crippen LogP contribution in [0.3, 0.4) is 0 Å². The maximum absolute atomic E-state index is 5.82. The van der Waals surface area contributed by atoms with E-state index in [4.69, 9.17) is 9.47 Å². The van der Waals surface area contributed by atoms with Gasteiger partial charge in [0.05, 0.1) is 18.3 Å². The van der Waals surface area contributed by atoms with Crippen LogP contribution < -0.4 is 10.1 Å². The molecule has 0 aliphatic carbocycles. The molecule has 0 bridgehead atoms. The number of para-hydroxylation sites is 1. The van der Waals surface area contributed by atoms with Crippen LogP contribution >= 0.6 is 0 Å². The van der Waals surface area contributed by atoms with Gasteiger partial charge in [0.15, 0.2) is 0 Å². The summed E-state index contributed by atoms with van der Waals surface area (Å²) in [7, 11) is 3.60. The highest BCUT2D eigenvalue weighted by atomic mass is 16.5. The van der Waals surface area contributed by atoms with E-state index in [9.17, 15) is 0 Å². The number of methoxy groups -OCH3 is 1. The molecular formula is C17H22N2O2. The van der Waals surface area contributed by atoms with Crippen molar-refractivity contribution in [3.8, 4) is 5.75 Å². The summed E-state index contributed by atoms with van der Waals surface area (Å²) in [6.07, 6.45) is 0. The summed E-state index contributed by atoms with van der Waals surface area (Å²) >= 11 is 0. The van der Waals surface area contributed by atoms with Gasteiger partial charge in [-0.3, -0.25) is 4.98 Å². The number of aromatic nitrogens is 1. The molecule has 1 atom stereocenters. The summed E-state index contributed by atoms with van der Waals surface area (Å²) < 4.78 is 10.9. The summed E-state index contributed by atoms with van der Waals surface area (Å²) in [6.45, 7) is 3.10. The number of nitrogens with zero attached hydrogens (tertiary/aromatic N) is 1. The van der Waals surface area contributed by atoms with Crippen LogP contribution in [0.1, 0.15) is 23.0 Å². The van der Waals surface area contributed by atoms with E-state index in [2.05, 4.69) is 16.4 Å². The first-order valence-electron chi connectivity index (χ1n) is 7.07. The molecule has 0 radical (unpaired) electrons. The molecule has 21 heavy (non-hydrogen) atoms. The first-order chi connectivity index (χ1) is 10.3. The Morgan fingerprint density at radius 3 is 2.62 bits per heavy atom. The number of rotatable bonds is 7. The van der Waals surface area contributed by atoms with E-state index >= 15 is 0 Å². The van der Waals surface area contributed by atoms with Crippen LogP contribution in [0, 0.1) is 6.92 Å². The molecule has 0 saturated heterocycles. The smallest absolute Gasteiger partial charge is 0.124 e. The molecule has 0 spiro atoms. The van der Waals surface area contributed by atoms with Gasteiger partial charge in [0.25, 0.3) is 0 Å². The van der Waals surface area contributed by atoms with Crippen LogP contribution in [0.5, 0.6) is 5.75 Å². The minimum Gasteiger partial charge on any atom is -0.491 e. The minimum absolute atomic E-state index is 0.00337. The second-order valence-corrected chi connectivity index (χ2v) is 4.80. The monoisotopic (exact) mass is 286 g/mol. The molecule has 2 aromatic rings. The minimum atomic E-state index is 0.00337. The number of nitrogens with one attached hydrogen (secondary N) is 1. The standard InChI is InChI=1S/C17H22N2O2/c1-13-7-6-9-15(19-13)17(18-2)14-8-4-5-10-16(14)21-12-11-20-3/h4-10,17-18H,11-12H2,1-3H3. The van der Waals surface area contributed by atoms with Crippen molar-refractivity contribution in [3.63, 3.8) is 0 Å². The van der Waals surface area contributed by atoms with Gasteiger partial charge >= 0.3 is 0 Å². The molecule has 1 unspecified atom stereocenters. The van der Waals surface area contributed by atoms with Gasteiger partial charge in [-0.1, -0.05) is 24.3 Å². The molecule has 1 aromatic carbocycles. The van der Waals surface area contributed by atoms with Crippen LogP contribution in [0.2, 0.25) is 0 Å². The van der Waals surface area contributed by atoms with Crippen molar-refractivity contribution in [2.24, 2.45) is 0 Å². The molecule has 0 amide bonds. The molecule has 1 aromatic heterocycles. The lowest BCUT2D eigenvalue weighted by Gasteiger charge is -2.20. The van der Waals surface area contributed by atoms with Crippen LogP contribution in [0.4, 0.5) is 0 Å². The third-order valence-electron chi connectivity index (χ3n) is 3.27. The molecule has 4 nitrogen and oxygen atoms in total. The van der Waals surface area contributed by atoms with Crippen LogP contribution in [-0.4, -0.2) is 32.4 Å². The molecule has 0 aliphatic rings. The van der Waals surface area contributed by atoms with Crippen molar-refractivity contribution >= 4 is 0 Å². The first kappa shape index (κ1) is 15.5. The summed E-state index contributed by atoms with van der Waals surface area (Å²) in [6, 6.07) is 14.1. The SMILES string of the molecule is CNC(c1cccc(C)n1)c1ccccc1OCCOC. The lowest BCUT2D eigenvalue weighted by atomic mass is 10.0. The molecule has 0 fully saturated rings. The van der Waals surface area contributed by atoms with Gasteiger partial charge < -0.3 is 14.8 Å². The van der Waals surface area contributed by atoms with Gasteiger partial charge in [-0.05, 0) is 32.2 Å². The van der Waals surface area contributed by atoms with Gasteiger partial charge in [-0.15, -0.1) is 0 Å². The summed E-state index contributed by atoms with van der Waals surface area (Å²) in [4.78, 5) is 4.62. The van der Waals surface area contributed by atoms with Crippen molar-refractivity contribution in [3.05, 3.63) is 59.4 Å². The van der Waals surface area contributed by atoms with E-state index in [0.29, 0.717) is 13.2 Å². The number of ether oxygens (including phenoxy) is 2. The molecule has 4 heteroatoms. The zero-order valence-corrected chi connectivity index (χ0v) is 12.8. The Hall–Kier alpha value is -1.91. The van der Waals surface area contributed by atoms with Gasteiger partial charge in [0, 0.05) is 18.4 Å². The summed E-state index contributed by atoms with van der Waals surface area (Å²) in [5, 5.41) is 3.32. The Bertz CT molecular complexity index is 572. The maximum Gasteiger partial charge on any atom is 0.124 e. The predicted octanol–water partition coefficient (Wildman–Crippen LogP) is 2.72. The number of benzene rings is 1. The summed E-state index contributed by atoms with van der Waals surface area (Å²) in [5.41, 5.74) is 3.07. The first-order valence-corrected chi connectivity index (χ1v) is 7.07. The Morgan fingerprint density at radius 1 is 1.10 bits per heavy atom. The zero-order chi connectivity index (χ0) is 15.1. The lowest BCUT2D eigenvalue weighted by Crippen LogP contribution is -2.20. The Morgan fingerprint density at radius 2 is 1.90 bits per heavy atom. The molecular weight excluding hydrogens is 264 g/mol. The van der Waals surface area contributed by atoms with Gasteiger partial charge in [-0.25, -0.2) is 0 Å². The van der Waals surface area contributed by atoms with E-state index in [0.717, 1.165) is 22.7 Å². The fourth-order valence-electron chi connectivity index (χ4n) is 2.27. The van der Waals surface area contributed by atoms with E-state index in [1.54, 1.807) is 7.11 Å². The van der Waals surface area contributed by atoms with Crippen LogP contribution in [0.15, 0.2) is 42.5 Å². The highest BCUT2D eigenvalue weighted by Crippen LogP contribution is 2.29.